The van der Waals surface area contributed by atoms with Gasteiger partial charge in [-0.25, -0.2) is 0 Å². The van der Waals surface area contributed by atoms with Crippen LogP contribution in [0.2, 0.25) is 0 Å². The van der Waals surface area contributed by atoms with Gasteiger partial charge in [-0.2, -0.15) is 18.3 Å². The van der Waals surface area contributed by atoms with Gasteiger partial charge in [-0.05, 0) is 23.8 Å². The van der Waals surface area contributed by atoms with Crippen LogP contribution in [0, 0.1) is 0 Å². The van der Waals surface area contributed by atoms with Crippen LogP contribution < -0.4 is 0 Å². The van der Waals surface area contributed by atoms with Crippen molar-refractivity contribution in [3.63, 3.8) is 0 Å². The van der Waals surface area contributed by atoms with Gasteiger partial charge in [0.05, 0.1) is 17.9 Å². The van der Waals surface area contributed by atoms with Gasteiger partial charge in [-0.1, -0.05) is 36.4 Å². The van der Waals surface area contributed by atoms with Crippen LogP contribution in [0.1, 0.15) is 11.4 Å². The van der Waals surface area contributed by atoms with E-state index in [4.69, 9.17) is 0 Å². The third-order valence-corrected chi connectivity index (χ3v) is 3.18. The van der Waals surface area contributed by atoms with Crippen molar-refractivity contribution in [3.8, 4) is 11.3 Å². The van der Waals surface area contributed by atoms with Gasteiger partial charge < -0.3 is 0 Å². The standard InChI is InChI=1S/C16H12F3N3/c17-16(18,19)15-10-14(12-6-2-1-3-7-12)22(21-15)11-13-8-4-5-9-20-13/h1-10H,11H2. The van der Waals surface area contributed by atoms with Gasteiger partial charge in [0.1, 0.15) is 0 Å². The normalized spacial score (nSPS) is 11.6. The molecular weight excluding hydrogens is 291 g/mol. The molecule has 0 spiro atoms. The fourth-order valence-electron chi connectivity index (χ4n) is 2.16. The molecule has 6 heteroatoms. The van der Waals surface area contributed by atoms with Crippen molar-refractivity contribution in [2.24, 2.45) is 0 Å². The van der Waals surface area contributed by atoms with Crippen LogP contribution in [-0.2, 0) is 12.7 Å². The Morgan fingerprint density at radius 1 is 0.955 bits per heavy atom. The molecule has 22 heavy (non-hydrogen) atoms. The van der Waals surface area contributed by atoms with E-state index < -0.39 is 11.9 Å². The minimum atomic E-state index is -4.47. The van der Waals surface area contributed by atoms with Crippen molar-refractivity contribution >= 4 is 0 Å². The highest BCUT2D eigenvalue weighted by molar-refractivity contribution is 5.60. The zero-order chi connectivity index (χ0) is 15.6. The molecule has 2 aromatic heterocycles. The topological polar surface area (TPSA) is 30.7 Å². The predicted octanol–water partition coefficient (Wildman–Crippen LogP) is 4.01. The number of rotatable bonds is 3. The molecular formula is C16H12F3N3. The molecule has 112 valence electrons. The van der Waals surface area contributed by atoms with E-state index in [1.165, 1.54) is 4.68 Å². The fraction of sp³-hybridized carbons (Fsp3) is 0.125. The minimum absolute atomic E-state index is 0.182. The number of alkyl halides is 3. The van der Waals surface area contributed by atoms with Crippen LogP contribution in [-0.4, -0.2) is 14.8 Å². The highest BCUT2D eigenvalue weighted by atomic mass is 19.4. The molecule has 1 aromatic carbocycles. The largest absolute Gasteiger partial charge is 0.435 e. The molecule has 0 fully saturated rings. The lowest BCUT2D eigenvalue weighted by Gasteiger charge is -2.07. The second kappa shape index (κ2) is 5.63. The van der Waals surface area contributed by atoms with Crippen LogP contribution in [0.15, 0.2) is 60.8 Å². The Bertz CT molecular complexity index is 749. The van der Waals surface area contributed by atoms with E-state index in [1.807, 2.05) is 6.07 Å². The smallest absolute Gasteiger partial charge is 0.259 e. The Hall–Kier alpha value is -2.63. The van der Waals surface area contributed by atoms with Gasteiger partial charge in [-0.3, -0.25) is 9.67 Å². The summed E-state index contributed by atoms with van der Waals surface area (Å²) in [6, 6.07) is 15.2. The molecule has 3 rings (SSSR count). The number of nitrogens with zero attached hydrogens (tertiary/aromatic N) is 3. The molecule has 0 saturated heterocycles. The zero-order valence-electron chi connectivity index (χ0n) is 11.5. The summed E-state index contributed by atoms with van der Waals surface area (Å²) >= 11 is 0. The first-order valence-electron chi connectivity index (χ1n) is 6.64. The Morgan fingerprint density at radius 2 is 1.68 bits per heavy atom. The molecule has 3 aromatic rings. The summed E-state index contributed by atoms with van der Waals surface area (Å²) in [4.78, 5) is 4.14. The van der Waals surface area contributed by atoms with E-state index in [-0.39, 0.29) is 6.54 Å². The molecule has 0 aliphatic carbocycles. The number of hydrogen-bond donors (Lipinski definition) is 0. The highest BCUT2D eigenvalue weighted by Crippen LogP contribution is 2.31. The van der Waals surface area contributed by atoms with Crippen molar-refractivity contribution < 1.29 is 13.2 Å². The van der Waals surface area contributed by atoms with Crippen molar-refractivity contribution in [2.45, 2.75) is 12.7 Å². The second-order valence-corrected chi connectivity index (χ2v) is 4.76. The van der Waals surface area contributed by atoms with Gasteiger partial charge in [0, 0.05) is 6.20 Å². The Kier molecular flexibility index (Phi) is 3.66. The summed E-state index contributed by atoms with van der Waals surface area (Å²) in [5.74, 6) is 0. The van der Waals surface area contributed by atoms with Crippen molar-refractivity contribution in [1.29, 1.82) is 0 Å². The number of pyridine rings is 1. The van der Waals surface area contributed by atoms with Crippen molar-refractivity contribution in [2.75, 3.05) is 0 Å². The number of benzene rings is 1. The second-order valence-electron chi connectivity index (χ2n) is 4.76. The molecule has 0 aliphatic heterocycles. The molecule has 2 heterocycles. The first kappa shape index (κ1) is 14.3. The molecule has 3 nitrogen and oxygen atoms in total. The van der Waals surface area contributed by atoms with Gasteiger partial charge >= 0.3 is 6.18 Å². The summed E-state index contributed by atoms with van der Waals surface area (Å²) in [5, 5.41) is 3.70. The Morgan fingerprint density at radius 3 is 2.32 bits per heavy atom. The van der Waals surface area contributed by atoms with Crippen molar-refractivity contribution in [3.05, 3.63) is 72.2 Å². The Labute approximate surface area is 125 Å². The van der Waals surface area contributed by atoms with E-state index in [1.54, 1.807) is 48.7 Å². The monoisotopic (exact) mass is 303 g/mol. The lowest BCUT2D eigenvalue weighted by molar-refractivity contribution is -0.141. The quantitative estimate of drug-likeness (QED) is 0.732. The summed E-state index contributed by atoms with van der Waals surface area (Å²) in [6.45, 7) is 0.182. The van der Waals surface area contributed by atoms with Crippen molar-refractivity contribution in [1.82, 2.24) is 14.8 Å². The Balaban J connectivity index is 2.05. The third-order valence-electron chi connectivity index (χ3n) is 3.18. The van der Waals surface area contributed by atoms with Gasteiger partial charge in [0.25, 0.3) is 0 Å². The maximum Gasteiger partial charge on any atom is 0.435 e. The molecule has 0 radical (unpaired) electrons. The maximum atomic E-state index is 12.9. The number of hydrogen-bond acceptors (Lipinski definition) is 2. The first-order valence-corrected chi connectivity index (χ1v) is 6.64. The molecule has 0 saturated carbocycles. The average molecular weight is 303 g/mol. The lowest BCUT2D eigenvalue weighted by atomic mass is 10.1. The van der Waals surface area contributed by atoms with Crippen LogP contribution >= 0.6 is 0 Å². The first-order chi connectivity index (χ1) is 10.5. The van der Waals surface area contributed by atoms with E-state index in [0.29, 0.717) is 17.0 Å². The van der Waals surface area contributed by atoms with Crippen LogP contribution in [0.25, 0.3) is 11.3 Å². The molecule has 0 unspecified atom stereocenters. The zero-order valence-corrected chi connectivity index (χ0v) is 11.5. The number of aromatic nitrogens is 3. The van der Waals surface area contributed by atoms with E-state index in [2.05, 4.69) is 10.1 Å². The summed E-state index contributed by atoms with van der Waals surface area (Å²) in [7, 11) is 0. The third kappa shape index (κ3) is 3.00. The van der Waals surface area contributed by atoms with E-state index in [9.17, 15) is 13.2 Å². The van der Waals surface area contributed by atoms with E-state index in [0.717, 1.165) is 6.07 Å². The van der Waals surface area contributed by atoms with E-state index >= 15 is 0 Å². The van der Waals surface area contributed by atoms with Gasteiger partial charge in [0.2, 0.25) is 0 Å². The summed E-state index contributed by atoms with van der Waals surface area (Å²) in [6.07, 6.45) is -2.87. The SMILES string of the molecule is FC(F)(F)c1cc(-c2ccccc2)n(Cc2ccccn2)n1. The molecule has 0 bridgehead atoms. The minimum Gasteiger partial charge on any atom is -0.259 e. The molecule has 0 atom stereocenters. The molecule has 0 N–H and O–H groups in total. The molecule has 0 amide bonds. The lowest BCUT2D eigenvalue weighted by Crippen LogP contribution is -2.09. The average Bonchev–Trinajstić information content (AvgIpc) is 2.93. The van der Waals surface area contributed by atoms with Crippen LogP contribution in [0.3, 0.4) is 0 Å². The van der Waals surface area contributed by atoms with Crippen LogP contribution in [0.4, 0.5) is 13.2 Å². The predicted molar refractivity (Wildman–Crippen MR) is 76.0 cm³/mol. The van der Waals surface area contributed by atoms with Crippen LogP contribution in [0.5, 0.6) is 0 Å². The van der Waals surface area contributed by atoms with Gasteiger partial charge in [0.15, 0.2) is 5.69 Å². The number of halogens is 3. The van der Waals surface area contributed by atoms with Gasteiger partial charge in [-0.15, -0.1) is 0 Å². The summed E-state index contributed by atoms with van der Waals surface area (Å²) < 4.78 is 40.2. The highest BCUT2D eigenvalue weighted by Gasteiger charge is 2.35. The summed E-state index contributed by atoms with van der Waals surface area (Å²) in [5.41, 5.74) is 0.846. The maximum absolute atomic E-state index is 12.9. The fourth-order valence-corrected chi connectivity index (χ4v) is 2.16. The molecule has 0 aliphatic rings.